The van der Waals surface area contributed by atoms with Crippen molar-refractivity contribution < 1.29 is 23.2 Å². The smallest absolute Gasteiger partial charge is 0.306 e. The van der Waals surface area contributed by atoms with Crippen LogP contribution in [0.1, 0.15) is 19.3 Å². The number of aliphatic carboxylic acids is 1. The highest BCUT2D eigenvalue weighted by atomic mass is 32.2. The normalized spacial score (nSPS) is 25.2. The Hall–Kier alpha value is -0.700. The molecule has 0 atom stereocenters. The number of hydrogen-bond donors (Lipinski definition) is 1. The Morgan fingerprint density at radius 3 is 2.35 bits per heavy atom. The average molecular weight is 264 g/mol. The van der Waals surface area contributed by atoms with Crippen molar-refractivity contribution >= 4 is 16.2 Å². The summed E-state index contributed by atoms with van der Waals surface area (Å²) in [6, 6.07) is 0. The first-order chi connectivity index (χ1) is 8.01. The molecule has 2 rings (SSSR count). The second-order valence-electron chi connectivity index (χ2n) is 4.23. The molecular formula is C9H16N2O5S. The van der Waals surface area contributed by atoms with Crippen LogP contribution in [0.3, 0.4) is 0 Å². The molecule has 0 spiro atoms. The summed E-state index contributed by atoms with van der Waals surface area (Å²) in [7, 11) is -3.56. The number of carboxylic acid groups (broad SMARTS) is 1. The first-order valence-corrected chi connectivity index (χ1v) is 7.05. The third-order valence-electron chi connectivity index (χ3n) is 3.11. The van der Waals surface area contributed by atoms with Crippen molar-refractivity contribution in [3.8, 4) is 0 Å². The van der Waals surface area contributed by atoms with Gasteiger partial charge in [-0.15, -0.1) is 0 Å². The van der Waals surface area contributed by atoms with E-state index in [9.17, 15) is 13.2 Å². The summed E-state index contributed by atoms with van der Waals surface area (Å²) in [6.07, 6.45) is 1.43. The lowest BCUT2D eigenvalue weighted by molar-refractivity contribution is -0.143. The van der Waals surface area contributed by atoms with Gasteiger partial charge in [-0.25, -0.2) is 0 Å². The van der Waals surface area contributed by atoms with Crippen LogP contribution in [0.4, 0.5) is 0 Å². The van der Waals surface area contributed by atoms with Gasteiger partial charge in [0.05, 0.1) is 12.5 Å². The number of carboxylic acids is 1. The van der Waals surface area contributed by atoms with Gasteiger partial charge >= 0.3 is 16.2 Å². The maximum Gasteiger partial charge on any atom is 0.306 e. The molecule has 0 aromatic heterocycles. The molecule has 0 bridgehead atoms. The van der Waals surface area contributed by atoms with Gasteiger partial charge in [-0.2, -0.15) is 12.7 Å². The van der Waals surface area contributed by atoms with E-state index in [4.69, 9.17) is 9.94 Å². The van der Waals surface area contributed by atoms with E-state index in [2.05, 4.69) is 0 Å². The second kappa shape index (κ2) is 4.89. The van der Waals surface area contributed by atoms with Crippen LogP contribution in [0.15, 0.2) is 0 Å². The highest BCUT2D eigenvalue weighted by Crippen LogP contribution is 2.23. The molecule has 8 heteroatoms. The van der Waals surface area contributed by atoms with Crippen LogP contribution < -0.4 is 0 Å². The van der Waals surface area contributed by atoms with Gasteiger partial charge in [-0.1, -0.05) is 4.47 Å². The van der Waals surface area contributed by atoms with Crippen LogP contribution in [0.25, 0.3) is 0 Å². The van der Waals surface area contributed by atoms with E-state index in [0.717, 1.165) is 4.47 Å². The highest BCUT2D eigenvalue weighted by molar-refractivity contribution is 7.86. The lowest BCUT2D eigenvalue weighted by atomic mass is 9.99. The summed E-state index contributed by atoms with van der Waals surface area (Å²) in [5.74, 6) is -1.28. The largest absolute Gasteiger partial charge is 0.481 e. The quantitative estimate of drug-likeness (QED) is 0.754. The minimum atomic E-state index is -3.56. The molecule has 17 heavy (non-hydrogen) atoms. The van der Waals surface area contributed by atoms with Crippen molar-refractivity contribution in [3.05, 3.63) is 0 Å². The van der Waals surface area contributed by atoms with Gasteiger partial charge in [0.25, 0.3) is 0 Å². The fraction of sp³-hybridized carbons (Fsp3) is 0.889. The minimum Gasteiger partial charge on any atom is -0.481 e. The highest BCUT2D eigenvalue weighted by Gasteiger charge is 2.36. The Kier molecular flexibility index (Phi) is 3.67. The van der Waals surface area contributed by atoms with E-state index in [1.54, 1.807) is 0 Å². The lowest BCUT2D eigenvalue weighted by Crippen LogP contribution is -2.46. The topological polar surface area (TPSA) is 87.2 Å². The number of hydroxylamine groups is 1. The first kappa shape index (κ1) is 12.7. The molecule has 2 saturated heterocycles. The second-order valence-corrected chi connectivity index (χ2v) is 6.05. The van der Waals surface area contributed by atoms with E-state index in [-0.39, 0.29) is 13.1 Å². The molecule has 2 fully saturated rings. The summed E-state index contributed by atoms with van der Waals surface area (Å²) in [6.45, 7) is 1.30. The molecule has 0 aromatic carbocycles. The molecule has 0 amide bonds. The lowest BCUT2D eigenvalue weighted by Gasteiger charge is -2.31. The van der Waals surface area contributed by atoms with Gasteiger partial charge in [0, 0.05) is 19.6 Å². The van der Waals surface area contributed by atoms with E-state index in [0.29, 0.717) is 32.4 Å². The van der Waals surface area contributed by atoms with Crippen molar-refractivity contribution in [3.63, 3.8) is 0 Å². The van der Waals surface area contributed by atoms with Crippen molar-refractivity contribution in [2.24, 2.45) is 5.92 Å². The molecule has 2 aliphatic rings. The predicted molar refractivity (Wildman–Crippen MR) is 58.1 cm³/mol. The zero-order chi connectivity index (χ0) is 12.5. The van der Waals surface area contributed by atoms with Crippen LogP contribution in [-0.4, -0.2) is 54.5 Å². The minimum absolute atomic E-state index is 0.249. The van der Waals surface area contributed by atoms with E-state index >= 15 is 0 Å². The SMILES string of the molecule is O=C(O)C1CCN(S(=O)(=O)N2CCCO2)CC1. The molecule has 0 saturated carbocycles. The monoisotopic (exact) mass is 264 g/mol. The molecule has 2 heterocycles. The first-order valence-electron chi connectivity index (χ1n) is 5.65. The third-order valence-corrected chi connectivity index (χ3v) is 4.93. The van der Waals surface area contributed by atoms with Gasteiger partial charge in [-0.3, -0.25) is 9.63 Å². The number of piperidine rings is 1. The maximum atomic E-state index is 12.0. The number of hydrogen-bond acceptors (Lipinski definition) is 4. The van der Waals surface area contributed by atoms with Crippen LogP contribution in [0, 0.1) is 5.92 Å². The van der Waals surface area contributed by atoms with Crippen LogP contribution in [-0.2, 0) is 19.8 Å². The zero-order valence-corrected chi connectivity index (χ0v) is 10.2. The van der Waals surface area contributed by atoms with Gasteiger partial charge in [0.2, 0.25) is 0 Å². The maximum absolute atomic E-state index is 12.0. The average Bonchev–Trinajstić information content (AvgIpc) is 2.83. The summed E-state index contributed by atoms with van der Waals surface area (Å²) in [5, 5.41) is 8.84. The molecule has 0 radical (unpaired) electrons. The summed E-state index contributed by atoms with van der Waals surface area (Å²) >= 11 is 0. The molecule has 2 aliphatic heterocycles. The molecule has 0 aliphatic carbocycles. The molecule has 98 valence electrons. The van der Waals surface area contributed by atoms with Gasteiger partial charge in [-0.05, 0) is 19.3 Å². The third kappa shape index (κ3) is 2.59. The van der Waals surface area contributed by atoms with Crippen LogP contribution in [0.5, 0.6) is 0 Å². The van der Waals surface area contributed by atoms with E-state index < -0.39 is 22.1 Å². The Balaban J connectivity index is 1.98. The molecule has 0 aromatic rings. The molecule has 1 N–H and O–H groups in total. The van der Waals surface area contributed by atoms with Crippen molar-refractivity contribution in [2.75, 3.05) is 26.2 Å². The number of rotatable bonds is 3. The summed E-state index contributed by atoms with van der Waals surface area (Å²) in [4.78, 5) is 15.8. The van der Waals surface area contributed by atoms with Gasteiger partial charge in [0.1, 0.15) is 0 Å². The Morgan fingerprint density at radius 1 is 1.24 bits per heavy atom. The fourth-order valence-corrected chi connectivity index (χ4v) is 3.57. The summed E-state index contributed by atoms with van der Waals surface area (Å²) < 4.78 is 26.4. The Morgan fingerprint density at radius 2 is 1.88 bits per heavy atom. The van der Waals surface area contributed by atoms with E-state index in [1.807, 2.05) is 0 Å². The Labute approximate surface area is 100 Å². The van der Waals surface area contributed by atoms with Crippen molar-refractivity contribution in [1.29, 1.82) is 0 Å². The van der Waals surface area contributed by atoms with Gasteiger partial charge < -0.3 is 5.11 Å². The molecule has 7 nitrogen and oxygen atoms in total. The van der Waals surface area contributed by atoms with E-state index in [1.165, 1.54) is 4.31 Å². The Bertz CT molecular complexity index is 382. The molecule has 0 unspecified atom stereocenters. The molecular weight excluding hydrogens is 248 g/mol. The summed E-state index contributed by atoms with van der Waals surface area (Å²) in [5.41, 5.74) is 0. The zero-order valence-electron chi connectivity index (χ0n) is 9.41. The van der Waals surface area contributed by atoms with Crippen molar-refractivity contribution in [2.45, 2.75) is 19.3 Å². The van der Waals surface area contributed by atoms with Gasteiger partial charge in [0.15, 0.2) is 0 Å². The van der Waals surface area contributed by atoms with Crippen molar-refractivity contribution in [1.82, 2.24) is 8.77 Å². The van der Waals surface area contributed by atoms with Crippen LogP contribution in [0.2, 0.25) is 0 Å². The number of nitrogens with zero attached hydrogens (tertiary/aromatic N) is 2. The predicted octanol–water partition coefficient (Wildman–Crippen LogP) is -0.335. The standard InChI is InChI=1S/C9H16N2O5S/c12-9(13)8-2-5-10(6-3-8)17(14,15)11-4-1-7-16-11/h8H,1-7H2,(H,12,13). The fourth-order valence-electron chi connectivity index (χ4n) is 2.07. The number of carbonyl (C=O) groups is 1. The van der Waals surface area contributed by atoms with Crippen LogP contribution >= 0.6 is 0 Å².